The highest BCUT2D eigenvalue weighted by Crippen LogP contribution is 2.63. The lowest BCUT2D eigenvalue weighted by atomic mass is 9.78. The van der Waals surface area contributed by atoms with E-state index in [0.717, 1.165) is 65.3 Å². The first-order valence-electron chi connectivity index (χ1n) is 10.3. The van der Waals surface area contributed by atoms with Crippen LogP contribution in [0, 0.1) is 21.7 Å². The molecule has 4 aliphatic rings. The molecule has 4 fully saturated rings. The first-order chi connectivity index (χ1) is 11.9. The smallest absolute Gasteiger partial charge is 0.0636 e. The summed E-state index contributed by atoms with van der Waals surface area (Å²) in [6.07, 6.45) is 6.60. The average molecular weight is 353 g/mol. The maximum absolute atomic E-state index is 6.49. The van der Waals surface area contributed by atoms with Crippen LogP contribution in [0.25, 0.3) is 0 Å². The Kier molecular flexibility index (Phi) is 4.51. The summed E-state index contributed by atoms with van der Waals surface area (Å²) in [5.74, 6) is 0. The standard InChI is InChI=1S/C21H36O4/c1-5-20(10-22-11-20)14-24-16-7-19(4)9-18(16,3)8-17(19)25-15-21(6-2)12-23-13-21/h16-17H,5-15H2,1-4H3. The Morgan fingerprint density at radius 1 is 0.760 bits per heavy atom. The topological polar surface area (TPSA) is 36.9 Å². The predicted molar refractivity (Wildman–Crippen MR) is 96.6 cm³/mol. The zero-order valence-corrected chi connectivity index (χ0v) is 16.6. The van der Waals surface area contributed by atoms with Gasteiger partial charge >= 0.3 is 0 Å². The molecule has 2 heterocycles. The Morgan fingerprint density at radius 2 is 1.16 bits per heavy atom. The molecule has 0 amide bonds. The summed E-state index contributed by atoms with van der Waals surface area (Å²) in [6, 6.07) is 0. The SMILES string of the molecule is CCC1(COC2CC3(C)CC2(C)CC3OCC2(CC)COC2)COC1. The Bertz CT molecular complexity index is 443. The van der Waals surface area contributed by atoms with Crippen molar-refractivity contribution in [3.63, 3.8) is 0 Å². The van der Waals surface area contributed by atoms with Crippen LogP contribution < -0.4 is 0 Å². The van der Waals surface area contributed by atoms with Crippen LogP contribution in [0.5, 0.6) is 0 Å². The third kappa shape index (κ3) is 2.97. The van der Waals surface area contributed by atoms with E-state index < -0.39 is 0 Å². The molecule has 25 heavy (non-hydrogen) atoms. The Morgan fingerprint density at radius 3 is 1.40 bits per heavy atom. The second-order valence-corrected chi connectivity index (χ2v) is 10.2. The monoisotopic (exact) mass is 352 g/mol. The Hall–Kier alpha value is -0.160. The molecule has 0 N–H and O–H groups in total. The lowest BCUT2D eigenvalue weighted by Gasteiger charge is -2.45. The molecule has 0 aromatic heterocycles. The third-order valence-corrected chi connectivity index (χ3v) is 7.98. The van der Waals surface area contributed by atoms with Gasteiger partial charge in [-0.15, -0.1) is 0 Å². The molecule has 4 atom stereocenters. The number of hydrogen-bond acceptors (Lipinski definition) is 4. The molecule has 0 aromatic carbocycles. The predicted octanol–water partition coefficient (Wildman–Crippen LogP) is 3.82. The molecule has 4 unspecified atom stereocenters. The average Bonchev–Trinajstić information content (AvgIpc) is 2.91. The van der Waals surface area contributed by atoms with Crippen LogP contribution in [0.2, 0.25) is 0 Å². The third-order valence-electron chi connectivity index (χ3n) is 7.98. The van der Waals surface area contributed by atoms with Crippen molar-refractivity contribution >= 4 is 0 Å². The van der Waals surface area contributed by atoms with Crippen molar-refractivity contribution in [3.05, 3.63) is 0 Å². The molecule has 2 saturated heterocycles. The summed E-state index contributed by atoms with van der Waals surface area (Å²) in [7, 11) is 0. The van der Waals surface area contributed by atoms with E-state index in [1.54, 1.807) is 0 Å². The van der Waals surface area contributed by atoms with Gasteiger partial charge in [-0.2, -0.15) is 0 Å². The van der Waals surface area contributed by atoms with Gasteiger partial charge in [0.05, 0.1) is 51.8 Å². The molecule has 4 heteroatoms. The van der Waals surface area contributed by atoms with Crippen LogP contribution in [0.4, 0.5) is 0 Å². The zero-order chi connectivity index (χ0) is 17.8. The van der Waals surface area contributed by atoms with Crippen molar-refractivity contribution in [2.24, 2.45) is 21.7 Å². The second kappa shape index (κ2) is 6.19. The normalized spacial score (nSPS) is 43.7. The molecule has 0 radical (unpaired) electrons. The minimum atomic E-state index is 0.272. The molecule has 0 aromatic rings. The first-order valence-corrected chi connectivity index (χ1v) is 10.3. The van der Waals surface area contributed by atoms with Crippen molar-refractivity contribution < 1.29 is 18.9 Å². The van der Waals surface area contributed by atoms with E-state index in [-0.39, 0.29) is 21.7 Å². The fourth-order valence-electron chi connectivity index (χ4n) is 5.53. The van der Waals surface area contributed by atoms with Gasteiger partial charge in [0, 0.05) is 10.8 Å². The fraction of sp³-hybridized carbons (Fsp3) is 1.00. The van der Waals surface area contributed by atoms with E-state index >= 15 is 0 Å². The van der Waals surface area contributed by atoms with E-state index in [2.05, 4.69) is 27.7 Å². The maximum Gasteiger partial charge on any atom is 0.0636 e. The number of ether oxygens (including phenoxy) is 4. The number of fused-ring (bicyclic) bond motifs is 2. The molecule has 144 valence electrons. The van der Waals surface area contributed by atoms with Gasteiger partial charge in [0.2, 0.25) is 0 Å². The molecule has 2 aliphatic carbocycles. The second-order valence-electron chi connectivity index (χ2n) is 10.2. The molecular weight excluding hydrogens is 316 g/mol. The van der Waals surface area contributed by atoms with Crippen LogP contribution in [0.3, 0.4) is 0 Å². The molecule has 4 rings (SSSR count). The van der Waals surface area contributed by atoms with Gasteiger partial charge in [-0.05, 0) is 42.9 Å². The van der Waals surface area contributed by atoms with Crippen LogP contribution in [-0.2, 0) is 18.9 Å². The van der Waals surface area contributed by atoms with Gasteiger partial charge in [0.1, 0.15) is 0 Å². The van der Waals surface area contributed by atoms with Crippen molar-refractivity contribution in [2.75, 3.05) is 39.6 Å². The van der Waals surface area contributed by atoms with Gasteiger partial charge in [0.15, 0.2) is 0 Å². The lowest BCUT2D eigenvalue weighted by Crippen LogP contribution is -2.49. The number of hydrogen-bond donors (Lipinski definition) is 0. The van der Waals surface area contributed by atoms with E-state index in [4.69, 9.17) is 18.9 Å². The first kappa shape index (κ1) is 18.2. The maximum atomic E-state index is 6.49. The minimum Gasteiger partial charge on any atom is -0.380 e. The molecule has 4 nitrogen and oxygen atoms in total. The highest BCUT2D eigenvalue weighted by Gasteiger charge is 2.62. The minimum absolute atomic E-state index is 0.272. The molecular formula is C21H36O4. The Balaban J connectivity index is 1.33. The van der Waals surface area contributed by atoms with Gasteiger partial charge < -0.3 is 18.9 Å². The zero-order valence-electron chi connectivity index (χ0n) is 16.6. The van der Waals surface area contributed by atoms with Crippen LogP contribution >= 0.6 is 0 Å². The largest absolute Gasteiger partial charge is 0.380 e. The quantitative estimate of drug-likeness (QED) is 0.665. The number of rotatable bonds is 8. The highest BCUT2D eigenvalue weighted by atomic mass is 16.5. The lowest BCUT2D eigenvalue weighted by molar-refractivity contribution is -0.189. The van der Waals surface area contributed by atoms with E-state index in [1.165, 1.54) is 6.42 Å². The Labute approximate surface area is 152 Å². The van der Waals surface area contributed by atoms with Crippen molar-refractivity contribution in [3.8, 4) is 0 Å². The fourth-order valence-corrected chi connectivity index (χ4v) is 5.53. The van der Waals surface area contributed by atoms with Crippen LogP contribution in [0.15, 0.2) is 0 Å². The van der Waals surface area contributed by atoms with Crippen molar-refractivity contribution in [2.45, 2.75) is 72.0 Å². The van der Waals surface area contributed by atoms with Crippen molar-refractivity contribution in [1.29, 1.82) is 0 Å². The van der Waals surface area contributed by atoms with Crippen molar-refractivity contribution in [1.82, 2.24) is 0 Å². The summed E-state index contributed by atoms with van der Waals surface area (Å²) >= 11 is 0. The summed E-state index contributed by atoms with van der Waals surface area (Å²) in [4.78, 5) is 0. The molecule has 2 aliphatic heterocycles. The van der Waals surface area contributed by atoms with Gasteiger partial charge in [-0.3, -0.25) is 0 Å². The summed E-state index contributed by atoms with van der Waals surface area (Å²) in [5, 5.41) is 0. The molecule has 2 bridgehead atoms. The molecule has 0 spiro atoms. The van der Waals surface area contributed by atoms with Gasteiger partial charge in [0.25, 0.3) is 0 Å². The van der Waals surface area contributed by atoms with Gasteiger partial charge in [-0.1, -0.05) is 27.7 Å². The van der Waals surface area contributed by atoms with E-state index in [9.17, 15) is 0 Å². The molecule has 2 saturated carbocycles. The summed E-state index contributed by atoms with van der Waals surface area (Å²) in [5.41, 5.74) is 1.11. The van der Waals surface area contributed by atoms with Gasteiger partial charge in [-0.25, -0.2) is 0 Å². The van der Waals surface area contributed by atoms with E-state index in [1.807, 2.05) is 0 Å². The summed E-state index contributed by atoms with van der Waals surface area (Å²) in [6.45, 7) is 14.6. The summed E-state index contributed by atoms with van der Waals surface area (Å²) < 4.78 is 23.9. The van der Waals surface area contributed by atoms with Crippen LogP contribution in [-0.4, -0.2) is 51.8 Å². The highest BCUT2D eigenvalue weighted by molar-refractivity contribution is 5.11. The van der Waals surface area contributed by atoms with E-state index in [0.29, 0.717) is 12.2 Å². The van der Waals surface area contributed by atoms with Crippen LogP contribution in [0.1, 0.15) is 59.8 Å².